The molecule has 0 aromatic heterocycles. The number of fused-ring (bicyclic) bond motifs is 1. The van der Waals surface area contributed by atoms with E-state index < -0.39 is 0 Å². The summed E-state index contributed by atoms with van der Waals surface area (Å²) in [6.45, 7) is 3.76. The Balaban J connectivity index is 1.74. The first kappa shape index (κ1) is 14.1. The molecule has 0 fully saturated rings. The lowest BCUT2D eigenvalue weighted by atomic mass is 9.80. The van der Waals surface area contributed by atoms with Gasteiger partial charge in [0, 0.05) is 0 Å². The van der Waals surface area contributed by atoms with Gasteiger partial charge in [0.05, 0.1) is 0 Å². The monoisotopic (exact) mass is 280 g/mol. The lowest BCUT2D eigenvalue weighted by Gasteiger charge is -2.25. The minimum atomic E-state index is -0.117. The quantitative estimate of drug-likeness (QED) is 0.674. The molecule has 2 aromatic carbocycles. The number of halogens is 1. The second-order valence-corrected chi connectivity index (χ2v) is 5.92. The summed E-state index contributed by atoms with van der Waals surface area (Å²) < 4.78 is 13.4. The number of allylic oxidation sites excluding steroid dienone is 1. The summed E-state index contributed by atoms with van der Waals surface area (Å²) in [7, 11) is 0. The fourth-order valence-corrected chi connectivity index (χ4v) is 3.24. The predicted octanol–water partition coefficient (Wildman–Crippen LogP) is 5.22. The summed E-state index contributed by atoms with van der Waals surface area (Å²) in [5.74, 6) is 0.405. The third kappa shape index (κ3) is 3.24. The first-order chi connectivity index (χ1) is 10.3. The summed E-state index contributed by atoms with van der Waals surface area (Å²) >= 11 is 0. The standard InChI is InChI=1S/C20H21F/c1-2-3-4-15-5-7-16(8-6-15)18-10-9-17-11-12-20(21)14-19(17)13-18/h2,5-8,11-12,14,18H,1,3-4,9-10,13H2. The van der Waals surface area contributed by atoms with E-state index in [2.05, 4.69) is 30.8 Å². The molecule has 0 saturated heterocycles. The summed E-state index contributed by atoms with van der Waals surface area (Å²) in [5, 5.41) is 0. The Morgan fingerprint density at radius 1 is 1.10 bits per heavy atom. The highest BCUT2D eigenvalue weighted by molar-refractivity contribution is 5.35. The van der Waals surface area contributed by atoms with Gasteiger partial charge < -0.3 is 0 Å². The number of benzene rings is 2. The molecule has 0 spiro atoms. The molecule has 108 valence electrons. The molecular weight excluding hydrogens is 259 g/mol. The zero-order valence-corrected chi connectivity index (χ0v) is 12.3. The Labute approximate surface area is 126 Å². The van der Waals surface area contributed by atoms with Crippen molar-refractivity contribution in [3.05, 3.63) is 83.2 Å². The number of aryl methyl sites for hydroxylation is 2. The molecule has 1 heteroatoms. The molecule has 1 unspecified atom stereocenters. The molecule has 0 amide bonds. The van der Waals surface area contributed by atoms with E-state index >= 15 is 0 Å². The second kappa shape index (κ2) is 6.26. The average molecular weight is 280 g/mol. The SMILES string of the molecule is C=CCCc1ccc(C2CCc3ccc(F)cc3C2)cc1. The van der Waals surface area contributed by atoms with E-state index in [1.165, 1.54) is 22.3 Å². The van der Waals surface area contributed by atoms with Crippen molar-refractivity contribution in [1.82, 2.24) is 0 Å². The van der Waals surface area contributed by atoms with Crippen LogP contribution < -0.4 is 0 Å². The van der Waals surface area contributed by atoms with Gasteiger partial charge in [-0.2, -0.15) is 0 Å². The number of rotatable bonds is 4. The molecule has 0 bridgehead atoms. The van der Waals surface area contributed by atoms with E-state index in [1.54, 1.807) is 12.1 Å². The van der Waals surface area contributed by atoms with Crippen molar-refractivity contribution < 1.29 is 4.39 Å². The predicted molar refractivity (Wildman–Crippen MR) is 86.1 cm³/mol. The maximum Gasteiger partial charge on any atom is 0.123 e. The Kier molecular flexibility index (Phi) is 4.19. The highest BCUT2D eigenvalue weighted by Gasteiger charge is 2.20. The molecule has 1 atom stereocenters. The smallest absolute Gasteiger partial charge is 0.123 e. The zero-order chi connectivity index (χ0) is 14.7. The van der Waals surface area contributed by atoms with E-state index in [4.69, 9.17) is 0 Å². The Hall–Kier alpha value is -1.89. The van der Waals surface area contributed by atoms with Gasteiger partial charge in [-0.05, 0) is 72.4 Å². The molecule has 0 N–H and O–H groups in total. The van der Waals surface area contributed by atoms with E-state index in [9.17, 15) is 4.39 Å². The van der Waals surface area contributed by atoms with Crippen molar-refractivity contribution in [3.8, 4) is 0 Å². The van der Waals surface area contributed by atoms with Gasteiger partial charge >= 0.3 is 0 Å². The maximum atomic E-state index is 13.4. The summed E-state index contributed by atoms with van der Waals surface area (Å²) in [4.78, 5) is 0. The van der Waals surface area contributed by atoms with Crippen LogP contribution in [0.4, 0.5) is 4.39 Å². The first-order valence-electron chi connectivity index (χ1n) is 7.73. The topological polar surface area (TPSA) is 0 Å². The van der Waals surface area contributed by atoms with Gasteiger partial charge in [-0.3, -0.25) is 0 Å². The zero-order valence-electron chi connectivity index (χ0n) is 12.3. The maximum absolute atomic E-state index is 13.4. The van der Waals surface area contributed by atoms with Crippen molar-refractivity contribution >= 4 is 0 Å². The normalized spacial score (nSPS) is 17.3. The molecular formula is C20H21F. The van der Waals surface area contributed by atoms with Crippen molar-refractivity contribution in [1.29, 1.82) is 0 Å². The van der Waals surface area contributed by atoms with E-state index in [0.29, 0.717) is 5.92 Å². The lowest BCUT2D eigenvalue weighted by molar-refractivity contribution is 0.572. The summed E-state index contributed by atoms with van der Waals surface area (Å²) in [6, 6.07) is 14.2. The second-order valence-electron chi connectivity index (χ2n) is 5.92. The Bertz CT molecular complexity index is 625. The van der Waals surface area contributed by atoms with E-state index in [1.807, 2.05) is 12.1 Å². The molecule has 1 aliphatic rings. The molecule has 0 saturated carbocycles. The van der Waals surface area contributed by atoms with E-state index in [0.717, 1.165) is 32.1 Å². The van der Waals surface area contributed by atoms with Gasteiger partial charge in [-0.1, -0.05) is 36.4 Å². The van der Waals surface area contributed by atoms with Gasteiger partial charge in [0.25, 0.3) is 0 Å². The molecule has 2 aromatic rings. The Morgan fingerprint density at radius 3 is 2.67 bits per heavy atom. The fourth-order valence-electron chi connectivity index (χ4n) is 3.24. The minimum Gasteiger partial charge on any atom is -0.207 e. The van der Waals surface area contributed by atoms with Crippen LogP contribution in [0, 0.1) is 5.82 Å². The lowest BCUT2D eigenvalue weighted by Crippen LogP contribution is -2.13. The van der Waals surface area contributed by atoms with Gasteiger partial charge in [0.1, 0.15) is 5.82 Å². The number of hydrogen-bond donors (Lipinski definition) is 0. The van der Waals surface area contributed by atoms with Crippen LogP contribution in [-0.2, 0) is 19.3 Å². The molecule has 0 radical (unpaired) electrons. The summed E-state index contributed by atoms with van der Waals surface area (Å²) in [6.07, 6.45) is 7.21. The van der Waals surface area contributed by atoms with Crippen LogP contribution in [0.25, 0.3) is 0 Å². The van der Waals surface area contributed by atoms with Crippen molar-refractivity contribution in [2.75, 3.05) is 0 Å². The van der Waals surface area contributed by atoms with Gasteiger partial charge in [-0.15, -0.1) is 6.58 Å². The van der Waals surface area contributed by atoms with Crippen LogP contribution in [0.15, 0.2) is 55.1 Å². The van der Waals surface area contributed by atoms with Crippen molar-refractivity contribution in [2.45, 2.75) is 38.0 Å². The molecule has 0 aliphatic heterocycles. The minimum absolute atomic E-state index is 0.117. The highest BCUT2D eigenvalue weighted by atomic mass is 19.1. The van der Waals surface area contributed by atoms with Crippen LogP contribution in [0.3, 0.4) is 0 Å². The van der Waals surface area contributed by atoms with Crippen LogP contribution in [0.1, 0.15) is 41.0 Å². The molecule has 3 rings (SSSR count). The first-order valence-corrected chi connectivity index (χ1v) is 7.73. The van der Waals surface area contributed by atoms with Crippen LogP contribution in [0.5, 0.6) is 0 Å². The van der Waals surface area contributed by atoms with Crippen LogP contribution >= 0.6 is 0 Å². The number of hydrogen-bond acceptors (Lipinski definition) is 0. The third-order valence-electron chi connectivity index (χ3n) is 4.49. The van der Waals surface area contributed by atoms with Crippen molar-refractivity contribution in [3.63, 3.8) is 0 Å². The van der Waals surface area contributed by atoms with Gasteiger partial charge in [0.15, 0.2) is 0 Å². The van der Waals surface area contributed by atoms with Crippen molar-refractivity contribution in [2.24, 2.45) is 0 Å². The van der Waals surface area contributed by atoms with Gasteiger partial charge in [0.2, 0.25) is 0 Å². The van der Waals surface area contributed by atoms with Crippen LogP contribution in [-0.4, -0.2) is 0 Å². The largest absolute Gasteiger partial charge is 0.207 e. The van der Waals surface area contributed by atoms with Crippen LogP contribution in [0.2, 0.25) is 0 Å². The fraction of sp³-hybridized carbons (Fsp3) is 0.300. The molecule has 0 heterocycles. The molecule has 21 heavy (non-hydrogen) atoms. The third-order valence-corrected chi connectivity index (χ3v) is 4.49. The molecule has 0 nitrogen and oxygen atoms in total. The average Bonchev–Trinajstić information content (AvgIpc) is 2.52. The molecule has 1 aliphatic carbocycles. The van der Waals surface area contributed by atoms with Gasteiger partial charge in [-0.25, -0.2) is 4.39 Å². The summed E-state index contributed by atoms with van der Waals surface area (Å²) in [5.41, 5.74) is 5.24. The van der Waals surface area contributed by atoms with E-state index in [-0.39, 0.29) is 5.82 Å². The highest BCUT2D eigenvalue weighted by Crippen LogP contribution is 2.33. The Morgan fingerprint density at radius 2 is 1.90 bits per heavy atom.